The number of amides is 2. The molecule has 23 heavy (non-hydrogen) atoms. The normalized spacial score (nSPS) is 12.4. The molecule has 5 heteroatoms. The Hall–Kier alpha value is -2.95. The quantitative estimate of drug-likeness (QED) is 0.834. The number of fused-ring (bicyclic) bond motifs is 1. The lowest BCUT2D eigenvalue weighted by Gasteiger charge is -2.06. The van der Waals surface area contributed by atoms with Gasteiger partial charge in [-0.3, -0.25) is 14.4 Å². The van der Waals surface area contributed by atoms with Crippen LogP contribution in [0.2, 0.25) is 0 Å². The van der Waals surface area contributed by atoms with Gasteiger partial charge in [-0.2, -0.15) is 0 Å². The maximum absolute atomic E-state index is 12.2. The zero-order valence-electron chi connectivity index (χ0n) is 12.5. The molecule has 2 amide bonds. The van der Waals surface area contributed by atoms with Crippen LogP contribution in [0.3, 0.4) is 0 Å². The molecule has 0 radical (unpaired) electrons. The summed E-state index contributed by atoms with van der Waals surface area (Å²) in [5, 5.41) is 5.48. The lowest BCUT2D eigenvalue weighted by Crippen LogP contribution is -2.13. The van der Waals surface area contributed by atoms with Gasteiger partial charge >= 0.3 is 0 Å². The lowest BCUT2D eigenvalue weighted by molar-refractivity contribution is -0.116. The van der Waals surface area contributed by atoms with E-state index < -0.39 is 0 Å². The Labute approximate surface area is 133 Å². The van der Waals surface area contributed by atoms with Gasteiger partial charge in [0.1, 0.15) is 0 Å². The van der Waals surface area contributed by atoms with Gasteiger partial charge in [0, 0.05) is 29.8 Å². The highest BCUT2D eigenvalue weighted by Gasteiger charge is 2.19. The fraction of sp³-hybridized carbons (Fsp3) is 0.167. The van der Waals surface area contributed by atoms with E-state index in [1.165, 1.54) is 0 Å². The minimum atomic E-state index is -0.192. The van der Waals surface area contributed by atoms with Crippen LogP contribution in [0, 0.1) is 0 Å². The van der Waals surface area contributed by atoms with Gasteiger partial charge in [-0.15, -0.1) is 0 Å². The average Bonchev–Trinajstić information content (AvgIpc) is 2.92. The third kappa shape index (κ3) is 3.63. The number of anilines is 2. The first-order valence-electron chi connectivity index (χ1n) is 7.43. The van der Waals surface area contributed by atoms with Crippen LogP contribution in [-0.4, -0.2) is 17.6 Å². The van der Waals surface area contributed by atoms with Gasteiger partial charge in [-0.1, -0.05) is 18.2 Å². The largest absolute Gasteiger partial charge is 0.326 e. The fourth-order valence-corrected chi connectivity index (χ4v) is 2.52. The topological polar surface area (TPSA) is 75.3 Å². The molecule has 0 saturated heterocycles. The standard InChI is InChI=1S/C18H16N2O3/c21-16(8-9-17(22)19-14-4-2-1-3-5-14)12-6-7-15-13(10-12)11-18(23)20-15/h1-7,10H,8-9,11H2,(H,19,22)(H,20,23). The van der Waals surface area contributed by atoms with Crippen molar-refractivity contribution in [3.63, 3.8) is 0 Å². The van der Waals surface area contributed by atoms with Crippen LogP contribution in [0.25, 0.3) is 0 Å². The molecule has 0 aromatic heterocycles. The summed E-state index contributed by atoms with van der Waals surface area (Å²) in [5.41, 5.74) is 2.84. The van der Waals surface area contributed by atoms with Gasteiger partial charge in [0.15, 0.2) is 5.78 Å². The minimum absolute atomic E-state index is 0.0631. The number of ketones is 1. The monoisotopic (exact) mass is 308 g/mol. The third-order valence-electron chi connectivity index (χ3n) is 3.69. The van der Waals surface area contributed by atoms with Crippen molar-refractivity contribution in [2.75, 3.05) is 10.6 Å². The van der Waals surface area contributed by atoms with E-state index in [0.29, 0.717) is 17.7 Å². The van der Waals surface area contributed by atoms with Crippen molar-refractivity contribution in [2.45, 2.75) is 19.3 Å². The van der Waals surface area contributed by atoms with Crippen LogP contribution in [-0.2, 0) is 16.0 Å². The molecular formula is C18H16N2O3. The van der Waals surface area contributed by atoms with E-state index in [4.69, 9.17) is 0 Å². The highest BCUT2D eigenvalue weighted by Crippen LogP contribution is 2.24. The van der Waals surface area contributed by atoms with Crippen LogP contribution in [0.5, 0.6) is 0 Å². The number of carbonyl (C=O) groups is 3. The maximum atomic E-state index is 12.2. The highest BCUT2D eigenvalue weighted by molar-refractivity contribution is 6.03. The van der Waals surface area contributed by atoms with Gasteiger partial charge < -0.3 is 10.6 Å². The van der Waals surface area contributed by atoms with Crippen LogP contribution < -0.4 is 10.6 Å². The number of rotatable bonds is 5. The predicted molar refractivity (Wildman–Crippen MR) is 87.4 cm³/mol. The van der Waals surface area contributed by atoms with E-state index in [-0.39, 0.29) is 30.4 Å². The molecule has 1 heterocycles. The Bertz CT molecular complexity index is 769. The second kappa shape index (κ2) is 6.44. The van der Waals surface area contributed by atoms with E-state index in [2.05, 4.69) is 10.6 Å². The first-order chi connectivity index (χ1) is 11.1. The maximum Gasteiger partial charge on any atom is 0.228 e. The third-order valence-corrected chi connectivity index (χ3v) is 3.69. The number of hydrogen-bond donors (Lipinski definition) is 2. The van der Waals surface area contributed by atoms with Crippen molar-refractivity contribution >= 4 is 29.0 Å². The molecule has 3 rings (SSSR count). The molecule has 1 aliphatic heterocycles. The van der Waals surface area contributed by atoms with Gasteiger partial charge in [-0.05, 0) is 35.9 Å². The molecule has 2 N–H and O–H groups in total. The summed E-state index contributed by atoms with van der Waals surface area (Å²) < 4.78 is 0. The van der Waals surface area contributed by atoms with Gasteiger partial charge in [-0.25, -0.2) is 0 Å². The smallest absolute Gasteiger partial charge is 0.228 e. The van der Waals surface area contributed by atoms with E-state index in [1.54, 1.807) is 30.3 Å². The summed E-state index contributed by atoms with van der Waals surface area (Å²) in [6.07, 6.45) is 0.561. The molecule has 116 valence electrons. The average molecular weight is 308 g/mol. The summed E-state index contributed by atoms with van der Waals surface area (Å²) in [6.45, 7) is 0. The number of Topliss-reactive ketones (excluding diaryl/α,β-unsaturated/α-hetero) is 1. The summed E-state index contributed by atoms with van der Waals surface area (Å²) in [4.78, 5) is 35.4. The number of hydrogen-bond acceptors (Lipinski definition) is 3. The van der Waals surface area contributed by atoms with Crippen molar-refractivity contribution in [1.82, 2.24) is 0 Å². The molecule has 0 unspecified atom stereocenters. The van der Waals surface area contributed by atoms with Crippen molar-refractivity contribution < 1.29 is 14.4 Å². The highest BCUT2D eigenvalue weighted by atomic mass is 16.2. The second-order valence-corrected chi connectivity index (χ2v) is 5.43. The summed E-state index contributed by atoms with van der Waals surface area (Å²) in [7, 11) is 0. The summed E-state index contributed by atoms with van der Waals surface area (Å²) >= 11 is 0. The molecule has 5 nitrogen and oxygen atoms in total. The Kier molecular flexibility index (Phi) is 4.19. The molecule has 0 aliphatic carbocycles. The Morgan fingerprint density at radius 3 is 2.61 bits per heavy atom. The Morgan fingerprint density at radius 2 is 1.83 bits per heavy atom. The lowest BCUT2D eigenvalue weighted by atomic mass is 10.0. The van der Waals surface area contributed by atoms with E-state index in [0.717, 1.165) is 11.3 Å². The molecule has 1 aliphatic rings. The van der Waals surface area contributed by atoms with Crippen molar-refractivity contribution in [2.24, 2.45) is 0 Å². The van der Waals surface area contributed by atoms with Crippen LogP contribution in [0.15, 0.2) is 48.5 Å². The van der Waals surface area contributed by atoms with Crippen LogP contribution in [0.1, 0.15) is 28.8 Å². The number of benzene rings is 2. The zero-order chi connectivity index (χ0) is 16.2. The van der Waals surface area contributed by atoms with E-state index in [1.807, 2.05) is 18.2 Å². The molecule has 0 spiro atoms. The first kappa shape index (κ1) is 15.0. The molecule has 0 atom stereocenters. The van der Waals surface area contributed by atoms with Gasteiger partial charge in [0.2, 0.25) is 11.8 Å². The Morgan fingerprint density at radius 1 is 1.04 bits per heavy atom. The first-order valence-corrected chi connectivity index (χ1v) is 7.43. The molecular weight excluding hydrogens is 292 g/mol. The predicted octanol–water partition coefficient (Wildman–Crippen LogP) is 2.78. The van der Waals surface area contributed by atoms with E-state index >= 15 is 0 Å². The summed E-state index contributed by atoms with van der Waals surface area (Å²) in [6, 6.07) is 14.3. The van der Waals surface area contributed by atoms with E-state index in [9.17, 15) is 14.4 Å². The molecule has 2 aromatic carbocycles. The van der Waals surface area contributed by atoms with Crippen molar-refractivity contribution in [1.29, 1.82) is 0 Å². The number of carbonyl (C=O) groups excluding carboxylic acids is 3. The fourth-order valence-electron chi connectivity index (χ4n) is 2.52. The number of nitrogens with one attached hydrogen (secondary N) is 2. The molecule has 0 bridgehead atoms. The minimum Gasteiger partial charge on any atom is -0.326 e. The number of para-hydroxylation sites is 1. The molecule has 0 saturated carbocycles. The molecule has 0 fully saturated rings. The summed E-state index contributed by atoms with van der Waals surface area (Å²) in [5.74, 6) is -0.357. The van der Waals surface area contributed by atoms with Crippen molar-refractivity contribution in [3.05, 3.63) is 59.7 Å². The SMILES string of the molecule is O=C(CCC(=O)c1ccc2c(c1)CC(=O)N2)Nc1ccccc1. The molecule has 2 aromatic rings. The van der Waals surface area contributed by atoms with Gasteiger partial charge in [0.05, 0.1) is 6.42 Å². The van der Waals surface area contributed by atoms with Crippen molar-refractivity contribution in [3.8, 4) is 0 Å². The van der Waals surface area contributed by atoms with Crippen LogP contribution >= 0.6 is 0 Å². The van der Waals surface area contributed by atoms with Gasteiger partial charge in [0.25, 0.3) is 0 Å². The Balaban J connectivity index is 1.56. The zero-order valence-corrected chi connectivity index (χ0v) is 12.5. The second-order valence-electron chi connectivity index (χ2n) is 5.43. The van der Waals surface area contributed by atoms with Crippen LogP contribution in [0.4, 0.5) is 11.4 Å².